The van der Waals surface area contributed by atoms with E-state index in [2.05, 4.69) is 5.32 Å². The molecule has 5 heteroatoms. The van der Waals surface area contributed by atoms with Crippen molar-refractivity contribution >= 4 is 10.8 Å². The largest absolute Gasteiger partial charge is 0.508 e. The van der Waals surface area contributed by atoms with Crippen molar-refractivity contribution in [3.05, 3.63) is 89.7 Å². The number of hydrogen-bond acceptors (Lipinski definition) is 4. The molecule has 178 valence electrons. The Morgan fingerprint density at radius 2 is 1.89 bits per heavy atom. The summed E-state index contributed by atoms with van der Waals surface area (Å²) in [6, 6.07) is 22.6. The van der Waals surface area contributed by atoms with Gasteiger partial charge in [0.05, 0.1) is 12.2 Å². The molecule has 2 atom stereocenters. The van der Waals surface area contributed by atoms with Crippen LogP contribution in [0.3, 0.4) is 0 Å². The van der Waals surface area contributed by atoms with E-state index in [0.29, 0.717) is 24.0 Å². The van der Waals surface area contributed by atoms with Crippen LogP contribution in [0.15, 0.2) is 72.8 Å². The molecule has 2 aliphatic heterocycles. The number of rotatable bonds is 5. The highest BCUT2D eigenvalue weighted by molar-refractivity contribution is 5.95. The third kappa shape index (κ3) is 4.21. The fourth-order valence-electron chi connectivity index (χ4n) is 5.35. The van der Waals surface area contributed by atoms with E-state index in [9.17, 15) is 9.50 Å². The van der Waals surface area contributed by atoms with Crippen molar-refractivity contribution in [2.45, 2.75) is 37.8 Å². The highest BCUT2D eigenvalue weighted by Gasteiger charge is 2.31. The first-order valence-corrected chi connectivity index (χ1v) is 12.3. The lowest BCUT2D eigenvalue weighted by molar-refractivity contribution is 0.243. The Morgan fingerprint density at radius 3 is 2.71 bits per heavy atom. The van der Waals surface area contributed by atoms with Gasteiger partial charge in [-0.05, 0) is 84.1 Å². The van der Waals surface area contributed by atoms with E-state index in [0.717, 1.165) is 46.2 Å². The summed E-state index contributed by atoms with van der Waals surface area (Å²) in [5.41, 5.74) is 3.15. The first kappa shape index (κ1) is 21.9. The Hall–Kier alpha value is -3.57. The molecular formula is C30H28FNO3. The molecule has 0 spiro atoms. The Kier molecular flexibility index (Phi) is 5.78. The molecule has 6 rings (SSSR count). The van der Waals surface area contributed by atoms with E-state index in [1.807, 2.05) is 48.5 Å². The number of piperidine rings is 1. The summed E-state index contributed by atoms with van der Waals surface area (Å²) < 4.78 is 27.3. The highest BCUT2D eigenvalue weighted by Crippen LogP contribution is 2.48. The van der Waals surface area contributed by atoms with Crippen LogP contribution in [0.5, 0.6) is 17.2 Å². The van der Waals surface area contributed by atoms with Gasteiger partial charge in [0.25, 0.3) is 0 Å². The topological polar surface area (TPSA) is 50.7 Å². The van der Waals surface area contributed by atoms with Crippen LogP contribution >= 0.6 is 0 Å². The van der Waals surface area contributed by atoms with E-state index in [4.69, 9.17) is 9.47 Å². The lowest BCUT2D eigenvalue weighted by atomic mass is 9.85. The Balaban J connectivity index is 1.32. The van der Waals surface area contributed by atoms with Gasteiger partial charge in [-0.2, -0.15) is 0 Å². The number of phenolic OH excluding ortho intramolecular Hbond substituents is 1. The molecule has 0 aliphatic carbocycles. The number of phenols is 1. The van der Waals surface area contributed by atoms with Gasteiger partial charge < -0.3 is 19.9 Å². The van der Waals surface area contributed by atoms with Gasteiger partial charge in [0.1, 0.15) is 23.1 Å². The molecule has 1 fully saturated rings. The summed E-state index contributed by atoms with van der Waals surface area (Å²) in [4.78, 5) is 0. The average molecular weight is 470 g/mol. The number of halogens is 1. The Bertz CT molecular complexity index is 1360. The molecule has 4 aromatic carbocycles. The molecule has 0 aromatic heterocycles. The van der Waals surface area contributed by atoms with Crippen molar-refractivity contribution in [3.63, 3.8) is 0 Å². The maximum absolute atomic E-state index is 14.9. The van der Waals surface area contributed by atoms with E-state index in [1.54, 1.807) is 18.2 Å². The van der Waals surface area contributed by atoms with Gasteiger partial charge >= 0.3 is 0 Å². The monoisotopic (exact) mass is 469 g/mol. The predicted octanol–water partition coefficient (Wildman–Crippen LogP) is 6.74. The normalized spacial score (nSPS) is 19.0. The van der Waals surface area contributed by atoms with E-state index in [-0.39, 0.29) is 11.6 Å². The van der Waals surface area contributed by atoms with Crippen LogP contribution < -0.4 is 14.8 Å². The minimum atomic E-state index is -0.409. The lowest BCUT2D eigenvalue weighted by Gasteiger charge is -2.30. The number of fused-ring (bicyclic) bond motifs is 5. The van der Waals surface area contributed by atoms with Gasteiger partial charge in [-0.15, -0.1) is 0 Å². The summed E-state index contributed by atoms with van der Waals surface area (Å²) in [5, 5.41) is 15.4. The fourth-order valence-corrected chi connectivity index (χ4v) is 5.35. The van der Waals surface area contributed by atoms with Gasteiger partial charge in [0.15, 0.2) is 6.10 Å². The zero-order valence-electron chi connectivity index (χ0n) is 19.5. The molecule has 2 unspecified atom stereocenters. The van der Waals surface area contributed by atoms with Crippen molar-refractivity contribution in [1.29, 1.82) is 0 Å². The Morgan fingerprint density at radius 1 is 1.00 bits per heavy atom. The first-order chi connectivity index (χ1) is 17.2. The van der Waals surface area contributed by atoms with E-state index < -0.39 is 6.10 Å². The maximum Gasteiger partial charge on any atom is 0.150 e. The minimum absolute atomic E-state index is 0.197. The summed E-state index contributed by atoms with van der Waals surface area (Å²) in [6.45, 7) is 1.78. The zero-order chi connectivity index (χ0) is 23.8. The molecule has 0 saturated carbocycles. The van der Waals surface area contributed by atoms with Crippen LogP contribution in [0.1, 0.15) is 42.9 Å². The van der Waals surface area contributed by atoms with E-state index >= 15 is 0 Å². The molecule has 4 aromatic rings. The smallest absolute Gasteiger partial charge is 0.150 e. The van der Waals surface area contributed by atoms with Crippen LogP contribution in [-0.4, -0.2) is 24.3 Å². The summed E-state index contributed by atoms with van der Waals surface area (Å²) in [7, 11) is 0. The van der Waals surface area contributed by atoms with Crippen molar-refractivity contribution < 1.29 is 19.0 Å². The summed E-state index contributed by atoms with van der Waals surface area (Å²) in [6.07, 6.45) is 4.36. The minimum Gasteiger partial charge on any atom is -0.508 e. The summed E-state index contributed by atoms with van der Waals surface area (Å²) >= 11 is 0. The number of ether oxygens (including phenoxy) is 2. The van der Waals surface area contributed by atoms with Crippen molar-refractivity contribution in [2.24, 2.45) is 0 Å². The SMILES string of the molecule is Oc1ccc2c3c(ccc2c1)-c1c(F)cccc1OC3c1ccc(OCCC2CCCCN2)cc1. The summed E-state index contributed by atoms with van der Waals surface area (Å²) in [5.74, 6) is 1.24. The van der Waals surface area contributed by atoms with Crippen LogP contribution in [0.4, 0.5) is 4.39 Å². The number of nitrogens with one attached hydrogen (secondary N) is 1. The molecule has 2 heterocycles. The van der Waals surface area contributed by atoms with Crippen molar-refractivity contribution in [3.8, 4) is 28.4 Å². The quantitative estimate of drug-likeness (QED) is 0.340. The van der Waals surface area contributed by atoms with Gasteiger partial charge in [0.2, 0.25) is 0 Å². The third-order valence-corrected chi connectivity index (χ3v) is 7.13. The predicted molar refractivity (Wildman–Crippen MR) is 136 cm³/mol. The average Bonchev–Trinajstić information content (AvgIpc) is 2.89. The molecular weight excluding hydrogens is 441 g/mol. The maximum atomic E-state index is 14.9. The van der Waals surface area contributed by atoms with Gasteiger partial charge in [0, 0.05) is 11.6 Å². The molecule has 2 N–H and O–H groups in total. The molecule has 2 aliphatic rings. The van der Waals surface area contributed by atoms with Crippen LogP contribution in [0, 0.1) is 5.82 Å². The molecule has 35 heavy (non-hydrogen) atoms. The molecule has 1 saturated heterocycles. The van der Waals surface area contributed by atoms with Crippen LogP contribution in [0.25, 0.3) is 21.9 Å². The molecule has 0 bridgehead atoms. The van der Waals surface area contributed by atoms with E-state index in [1.165, 1.54) is 25.3 Å². The first-order valence-electron chi connectivity index (χ1n) is 12.3. The molecule has 0 amide bonds. The number of hydrogen-bond donors (Lipinski definition) is 2. The van der Waals surface area contributed by atoms with Crippen molar-refractivity contribution in [1.82, 2.24) is 5.32 Å². The van der Waals surface area contributed by atoms with Gasteiger partial charge in [-0.1, -0.05) is 42.8 Å². The van der Waals surface area contributed by atoms with Crippen LogP contribution in [0.2, 0.25) is 0 Å². The highest BCUT2D eigenvalue weighted by atomic mass is 19.1. The third-order valence-electron chi connectivity index (χ3n) is 7.13. The standard InChI is InChI=1S/C30H28FNO3/c31-26-5-3-6-27-29(26)25-13-9-20-18-22(33)10-14-24(20)28(25)30(35-27)19-7-11-23(12-8-19)34-17-15-21-4-1-2-16-32-21/h3,5-14,18,21,30,32-33H,1-2,4,15-17H2. The second kappa shape index (κ2) is 9.23. The number of aromatic hydroxyl groups is 1. The molecule has 0 radical (unpaired) electrons. The van der Waals surface area contributed by atoms with Crippen LogP contribution in [-0.2, 0) is 0 Å². The second-order valence-corrected chi connectivity index (χ2v) is 9.40. The lowest BCUT2D eigenvalue weighted by Crippen LogP contribution is -2.35. The Labute approximate surface area is 204 Å². The fraction of sp³-hybridized carbons (Fsp3) is 0.267. The molecule has 4 nitrogen and oxygen atoms in total. The second-order valence-electron chi connectivity index (χ2n) is 9.40. The van der Waals surface area contributed by atoms with Gasteiger partial charge in [-0.25, -0.2) is 4.39 Å². The number of benzene rings is 4. The van der Waals surface area contributed by atoms with Crippen molar-refractivity contribution in [2.75, 3.05) is 13.2 Å². The zero-order valence-corrected chi connectivity index (χ0v) is 19.5. The van der Waals surface area contributed by atoms with Gasteiger partial charge in [-0.3, -0.25) is 0 Å².